The summed E-state index contributed by atoms with van der Waals surface area (Å²) in [6.45, 7) is 4.16. The van der Waals surface area contributed by atoms with E-state index in [0.717, 1.165) is 0 Å². The third-order valence-corrected chi connectivity index (χ3v) is 5.48. The summed E-state index contributed by atoms with van der Waals surface area (Å²) in [6, 6.07) is 6.38. The Kier molecular flexibility index (Phi) is 5.72. The summed E-state index contributed by atoms with van der Waals surface area (Å²) in [4.78, 5) is 21.3. The molecule has 29 heavy (non-hydrogen) atoms. The van der Waals surface area contributed by atoms with Crippen LogP contribution in [-0.2, 0) is 0 Å². The molecular weight excluding hydrogens is 438 g/mol. The smallest absolute Gasteiger partial charge is 0.224 e. The van der Waals surface area contributed by atoms with Gasteiger partial charge in [-0.3, -0.25) is 0 Å². The average Bonchev–Trinajstić information content (AvgIpc) is 2.70. The van der Waals surface area contributed by atoms with Gasteiger partial charge in [-0.15, -0.1) is 0 Å². The number of piperazine rings is 1. The molecule has 6 nitrogen and oxygen atoms in total. The van der Waals surface area contributed by atoms with Gasteiger partial charge in [0.1, 0.15) is 11.6 Å². The molecule has 1 aliphatic heterocycles. The van der Waals surface area contributed by atoms with Gasteiger partial charge >= 0.3 is 0 Å². The Bertz CT molecular complexity index is 1050. The Morgan fingerprint density at radius 3 is 2.55 bits per heavy atom. The first-order chi connectivity index (χ1) is 13.9. The van der Waals surface area contributed by atoms with Gasteiger partial charge in [0.2, 0.25) is 5.28 Å². The van der Waals surface area contributed by atoms with Gasteiger partial charge in [0.15, 0.2) is 11.0 Å². The molecule has 0 bridgehead atoms. The van der Waals surface area contributed by atoms with Crippen molar-refractivity contribution in [2.45, 2.75) is 13.0 Å². The molecule has 1 aliphatic rings. The van der Waals surface area contributed by atoms with Crippen LogP contribution in [-0.4, -0.2) is 45.6 Å². The molecule has 1 atom stereocenters. The van der Waals surface area contributed by atoms with Gasteiger partial charge < -0.3 is 9.80 Å². The molecule has 1 aromatic carbocycles. The normalized spacial score (nSPS) is 16.9. The zero-order chi connectivity index (χ0) is 20.5. The summed E-state index contributed by atoms with van der Waals surface area (Å²) in [5, 5.41) is 0.528. The summed E-state index contributed by atoms with van der Waals surface area (Å²) in [5.41, 5.74) is 1.24. The molecule has 0 radical (unpaired) electrons. The van der Waals surface area contributed by atoms with Crippen molar-refractivity contribution in [2.24, 2.45) is 0 Å². The number of benzene rings is 1. The lowest BCUT2D eigenvalue weighted by Crippen LogP contribution is -2.52. The largest absolute Gasteiger partial charge is 0.350 e. The minimum Gasteiger partial charge on any atom is -0.350 e. The Morgan fingerprint density at radius 2 is 1.83 bits per heavy atom. The summed E-state index contributed by atoms with van der Waals surface area (Å²) < 4.78 is 13.5. The van der Waals surface area contributed by atoms with Crippen LogP contribution in [0.2, 0.25) is 15.5 Å². The molecule has 3 heterocycles. The van der Waals surface area contributed by atoms with Gasteiger partial charge in [0.25, 0.3) is 0 Å². The average molecular weight is 454 g/mol. The molecule has 1 fully saturated rings. The molecular formula is C19H16Cl3FN6. The first-order valence-corrected chi connectivity index (χ1v) is 10.0. The van der Waals surface area contributed by atoms with Crippen LogP contribution in [0.15, 0.2) is 36.7 Å². The summed E-state index contributed by atoms with van der Waals surface area (Å²) in [5.74, 6) is 0.879. The molecule has 150 valence electrons. The fraction of sp³-hybridized carbons (Fsp3) is 0.263. The third-order valence-electron chi connectivity index (χ3n) is 4.76. The van der Waals surface area contributed by atoms with Gasteiger partial charge in [0, 0.05) is 49.7 Å². The van der Waals surface area contributed by atoms with Crippen LogP contribution in [0.3, 0.4) is 0 Å². The van der Waals surface area contributed by atoms with Crippen LogP contribution < -0.4 is 9.80 Å². The molecule has 4 rings (SSSR count). The predicted octanol–water partition coefficient (Wildman–Crippen LogP) is 4.75. The standard InChI is InChI=1S/C19H16Cl3FN6/c1-11-10-28(18-17(21)24-4-5-25-18)6-7-29(11)16-9-15(26-19(22)27-16)12-2-3-14(23)13(20)8-12/h2-5,8-9,11H,6-7,10H2,1H3/t11-/m0/s1. The van der Waals surface area contributed by atoms with Gasteiger partial charge in [-0.2, -0.15) is 0 Å². The Morgan fingerprint density at radius 1 is 1.03 bits per heavy atom. The first-order valence-electron chi connectivity index (χ1n) is 8.90. The highest BCUT2D eigenvalue weighted by Gasteiger charge is 2.27. The molecule has 0 spiro atoms. The highest BCUT2D eigenvalue weighted by atomic mass is 35.5. The summed E-state index contributed by atoms with van der Waals surface area (Å²) >= 11 is 18.3. The first kappa shape index (κ1) is 20.1. The van der Waals surface area contributed by atoms with Crippen molar-refractivity contribution in [3.05, 3.63) is 57.9 Å². The van der Waals surface area contributed by atoms with E-state index in [2.05, 4.69) is 36.7 Å². The third kappa shape index (κ3) is 4.22. The molecule has 10 heteroatoms. The molecule has 0 unspecified atom stereocenters. The van der Waals surface area contributed by atoms with Crippen LogP contribution in [0.25, 0.3) is 11.3 Å². The zero-order valence-corrected chi connectivity index (χ0v) is 17.6. The topological polar surface area (TPSA) is 58.0 Å². The lowest BCUT2D eigenvalue weighted by Gasteiger charge is -2.41. The Balaban J connectivity index is 1.60. The summed E-state index contributed by atoms with van der Waals surface area (Å²) in [6.07, 6.45) is 3.19. The van der Waals surface area contributed by atoms with E-state index in [1.54, 1.807) is 18.5 Å². The van der Waals surface area contributed by atoms with E-state index < -0.39 is 5.82 Å². The number of halogens is 4. The highest BCUT2D eigenvalue weighted by Crippen LogP contribution is 2.30. The van der Waals surface area contributed by atoms with Crippen LogP contribution in [0.5, 0.6) is 0 Å². The maximum Gasteiger partial charge on any atom is 0.224 e. The van der Waals surface area contributed by atoms with Gasteiger partial charge in [-0.1, -0.05) is 23.2 Å². The van der Waals surface area contributed by atoms with E-state index in [1.165, 1.54) is 12.1 Å². The second-order valence-electron chi connectivity index (χ2n) is 6.67. The van der Waals surface area contributed by atoms with Crippen LogP contribution >= 0.6 is 34.8 Å². The second-order valence-corrected chi connectivity index (χ2v) is 7.77. The minimum absolute atomic E-state index is 0.0293. The van der Waals surface area contributed by atoms with E-state index >= 15 is 0 Å². The van der Waals surface area contributed by atoms with Crippen molar-refractivity contribution in [3.8, 4) is 11.3 Å². The van der Waals surface area contributed by atoms with Gasteiger partial charge in [-0.05, 0) is 36.7 Å². The minimum atomic E-state index is -0.483. The molecule has 0 amide bonds. The van der Waals surface area contributed by atoms with Crippen LogP contribution in [0.4, 0.5) is 16.0 Å². The van der Waals surface area contributed by atoms with E-state index in [0.29, 0.717) is 47.7 Å². The lowest BCUT2D eigenvalue weighted by molar-refractivity contribution is 0.542. The Labute approximate surface area is 182 Å². The molecule has 1 saturated heterocycles. The molecule has 0 N–H and O–H groups in total. The number of nitrogens with zero attached hydrogens (tertiary/aromatic N) is 6. The van der Waals surface area contributed by atoms with Crippen molar-refractivity contribution >= 4 is 46.4 Å². The van der Waals surface area contributed by atoms with Crippen LogP contribution in [0.1, 0.15) is 6.92 Å². The quantitative estimate of drug-likeness (QED) is 0.534. The fourth-order valence-electron chi connectivity index (χ4n) is 3.37. The monoisotopic (exact) mass is 452 g/mol. The van der Waals surface area contributed by atoms with Crippen molar-refractivity contribution in [1.29, 1.82) is 0 Å². The lowest BCUT2D eigenvalue weighted by atomic mass is 10.1. The highest BCUT2D eigenvalue weighted by molar-refractivity contribution is 6.31. The van der Waals surface area contributed by atoms with E-state index in [4.69, 9.17) is 34.8 Å². The SMILES string of the molecule is C[C@H]1CN(c2nccnc2Cl)CCN1c1cc(-c2ccc(F)c(Cl)c2)nc(Cl)n1. The fourth-order valence-corrected chi connectivity index (χ4v) is 3.96. The van der Waals surface area contributed by atoms with Crippen molar-refractivity contribution in [1.82, 2.24) is 19.9 Å². The van der Waals surface area contributed by atoms with E-state index in [9.17, 15) is 4.39 Å². The van der Waals surface area contributed by atoms with E-state index in [-0.39, 0.29) is 16.3 Å². The molecule has 3 aromatic rings. The molecule has 0 aliphatic carbocycles. The van der Waals surface area contributed by atoms with Gasteiger partial charge in [-0.25, -0.2) is 24.3 Å². The van der Waals surface area contributed by atoms with Crippen molar-refractivity contribution in [3.63, 3.8) is 0 Å². The Hall–Kier alpha value is -2.22. The number of hydrogen-bond donors (Lipinski definition) is 0. The maximum absolute atomic E-state index is 13.5. The molecule has 2 aromatic heterocycles. The number of rotatable bonds is 3. The number of hydrogen-bond acceptors (Lipinski definition) is 6. The van der Waals surface area contributed by atoms with Crippen LogP contribution in [0, 0.1) is 5.82 Å². The van der Waals surface area contributed by atoms with Crippen molar-refractivity contribution < 1.29 is 4.39 Å². The second kappa shape index (κ2) is 8.26. The summed E-state index contributed by atoms with van der Waals surface area (Å²) in [7, 11) is 0. The van der Waals surface area contributed by atoms with E-state index in [1.807, 2.05) is 6.07 Å². The maximum atomic E-state index is 13.5. The number of aromatic nitrogens is 4. The van der Waals surface area contributed by atoms with Crippen molar-refractivity contribution in [2.75, 3.05) is 29.4 Å². The van der Waals surface area contributed by atoms with Gasteiger partial charge in [0.05, 0.1) is 10.7 Å². The number of anilines is 2. The molecule has 0 saturated carbocycles. The predicted molar refractivity (Wildman–Crippen MR) is 114 cm³/mol. The zero-order valence-electron chi connectivity index (χ0n) is 15.4.